The van der Waals surface area contributed by atoms with Crippen LogP contribution in [0.5, 0.6) is 11.5 Å². The summed E-state index contributed by atoms with van der Waals surface area (Å²) in [6, 6.07) is 19.0. The highest BCUT2D eigenvalue weighted by Crippen LogP contribution is 2.35. The molecule has 1 aliphatic rings. The Labute approximate surface area is 241 Å². The van der Waals surface area contributed by atoms with E-state index in [2.05, 4.69) is 21.3 Å². The SMILES string of the molecule is Cc1ccc(CCOC(=O)C2CCC(C(=O)Oc3ccc(O)cc3)CC2)c2sc(/N=N/c3ccc(C#N)cc3)nc12. The number of phenols is 1. The van der Waals surface area contributed by atoms with E-state index in [1.165, 1.54) is 23.5 Å². The zero-order chi connectivity index (χ0) is 28.8. The largest absolute Gasteiger partial charge is 0.508 e. The lowest BCUT2D eigenvalue weighted by Gasteiger charge is -2.25. The quantitative estimate of drug-likeness (QED) is 0.136. The third kappa shape index (κ3) is 6.94. The van der Waals surface area contributed by atoms with Crippen molar-refractivity contribution in [3.63, 3.8) is 0 Å². The predicted octanol–water partition coefficient (Wildman–Crippen LogP) is 7.10. The molecule has 208 valence electrons. The van der Waals surface area contributed by atoms with Gasteiger partial charge in [0.15, 0.2) is 0 Å². The lowest BCUT2D eigenvalue weighted by atomic mass is 9.82. The van der Waals surface area contributed by atoms with Crippen LogP contribution in [0.1, 0.15) is 42.4 Å². The standard InChI is InChI=1S/C31H28N4O5S/c1-19-2-5-21(28-27(19)33-31(41-28)35-34-24-10-3-20(18-32)4-11-24)16-17-39-29(37)22-6-8-23(9-7-22)30(38)40-26-14-12-25(36)13-15-26/h2-5,10-15,22-23,36H,6-9,16-17H2,1H3/b35-34+. The van der Waals surface area contributed by atoms with Gasteiger partial charge in [-0.15, -0.1) is 10.2 Å². The van der Waals surface area contributed by atoms with Crippen LogP contribution in [0.25, 0.3) is 10.2 Å². The maximum Gasteiger partial charge on any atom is 0.314 e. The van der Waals surface area contributed by atoms with Crippen LogP contribution in [0.2, 0.25) is 0 Å². The number of aromatic nitrogens is 1. The van der Waals surface area contributed by atoms with Crippen molar-refractivity contribution in [1.82, 2.24) is 4.98 Å². The highest BCUT2D eigenvalue weighted by molar-refractivity contribution is 7.22. The Balaban J connectivity index is 1.13. The van der Waals surface area contributed by atoms with E-state index in [-0.39, 0.29) is 36.1 Å². The molecule has 3 aromatic carbocycles. The van der Waals surface area contributed by atoms with E-state index in [1.54, 1.807) is 36.4 Å². The molecule has 1 fully saturated rings. The summed E-state index contributed by atoms with van der Waals surface area (Å²) in [7, 11) is 0. The number of carbonyl (C=O) groups is 2. The first kappa shape index (κ1) is 27.9. The molecule has 0 amide bonds. The van der Waals surface area contributed by atoms with Crippen LogP contribution < -0.4 is 4.74 Å². The van der Waals surface area contributed by atoms with Crippen molar-refractivity contribution in [1.29, 1.82) is 5.26 Å². The van der Waals surface area contributed by atoms with Crippen LogP contribution in [-0.2, 0) is 20.7 Å². The van der Waals surface area contributed by atoms with Crippen molar-refractivity contribution < 1.29 is 24.2 Å². The van der Waals surface area contributed by atoms with E-state index >= 15 is 0 Å². The number of rotatable bonds is 8. The van der Waals surface area contributed by atoms with Crippen LogP contribution in [0, 0.1) is 30.1 Å². The fourth-order valence-corrected chi connectivity index (χ4v) is 5.78. The third-order valence-corrected chi connectivity index (χ3v) is 8.14. The van der Waals surface area contributed by atoms with Gasteiger partial charge in [-0.2, -0.15) is 5.26 Å². The lowest BCUT2D eigenvalue weighted by molar-refractivity contribution is -0.152. The van der Waals surface area contributed by atoms with Crippen LogP contribution in [-0.4, -0.2) is 28.6 Å². The number of hydrogen-bond donors (Lipinski definition) is 1. The number of benzene rings is 3. The molecule has 0 radical (unpaired) electrons. The molecule has 4 aromatic rings. The molecule has 10 heteroatoms. The topological polar surface area (TPSA) is 134 Å². The number of thiazole rings is 1. The first-order valence-electron chi connectivity index (χ1n) is 13.4. The molecule has 0 bridgehead atoms. The summed E-state index contributed by atoms with van der Waals surface area (Å²) in [6.07, 6.45) is 2.83. The smallest absolute Gasteiger partial charge is 0.314 e. The number of nitrogens with zero attached hydrogens (tertiary/aromatic N) is 4. The van der Waals surface area contributed by atoms with Crippen molar-refractivity contribution in [3.05, 3.63) is 77.4 Å². The first-order chi connectivity index (χ1) is 19.9. The van der Waals surface area contributed by atoms with Gasteiger partial charge in [0.1, 0.15) is 11.5 Å². The maximum absolute atomic E-state index is 12.8. The molecule has 0 unspecified atom stereocenters. The molecule has 1 saturated carbocycles. The minimum atomic E-state index is -0.314. The summed E-state index contributed by atoms with van der Waals surface area (Å²) < 4.78 is 12.0. The Kier molecular flexibility index (Phi) is 8.65. The van der Waals surface area contributed by atoms with Gasteiger partial charge < -0.3 is 14.6 Å². The monoisotopic (exact) mass is 568 g/mol. The minimum Gasteiger partial charge on any atom is -0.508 e. The van der Waals surface area contributed by atoms with Gasteiger partial charge in [-0.3, -0.25) is 9.59 Å². The number of nitriles is 1. The predicted molar refractivity (Wildman–Crippen MR) is 154 cm³/mol. The summed E-state index contributed by atoms with van der Waals surface area (Å²) in [5, 5.41) is 27.4. The van der Waals surface area contributed by atoms with Gasteiger partial charge in [0, 0.05) is 6.42 Å². The number of fused-ring (bicyclic) bond motifs is 1. The highest BCUT2D eigenvalue weighted by Gasteiger charge is 2.32. The molecule has 5 rings (SSSR count). The van der Waals surface area contributed by atoms with Crippen LogP contribution in [0.15, 0.2) is 70.9 Å². The Morgan fingerprint density at radius 1 is 0.976 bits per heavy atom. The average molecular weight is 569 g/mol. The van der Waals surface area contributed by atoms with Gasteiger partial charge in [0.25, 0.3) is 0 Å². The number of hydrogen-bond acceptors (Lipinski definition) is 10. The molecule has 0 spiro atoms. The van der Waals surface area contributed by atoms with Crippen LogP contribution >= 0.6 is 11.3 Å². The number of phenolic OH excluding ortho intramolecular Hbond substituents is 1. The van der Waals surface area contributed by atoms with Gasteiger partial charge in [-0.05, 0) is 92.3 Å². The summed E-state index contributed by atoms with van der Waals surface area (Å²) in [6.45, 7) is 2.24. The minimum absolute atomic E-state index is 0.106. The Hall–Kier alpha value is -4.62. The Morgan fingerprint density at radius 2 is 1.66 bits per heavy atom. The molecule has 0 aliphatic heterocycles. The molecule has 9 nitrogen and oxygen atoms in total. The van der Waals surface area contributed by atoms with Crippen LogP contribution in [0.3, 0.4) is 0 Å². The van der Waals surface area contributed by atoms with E-state index in [4.69, 9.17) is 14.7 Å². The second kappa shape index (κ2) is 12.7. The van der Waals surface area contributed by atoms with Gasteiger partial charge in [-0.1, -0.05) is 23.5 Å². The van der Waals surface area contributed by atoms with Gasteiger partial charge in [0.05, 0.1) is 46.0 Å². The van der Waals surface area contributed by atoms with Crippen molar-refractivity contribution in [3.8, 4) is 17.6 Å². The van der Waals surface area contributed by atoms with Gasteiger partial charge in [0.2, 0.25) is 5.13 Å². The van der Waals surface area contributed by atoms with E-state index in [0.717, 1.165) is 21.3 Å². The van der Waals surface area contributed by atoms with Gasteiger partial charge in [-0.25, -0.2) is 4.98 Å². The summed E-state index contributed by atoms with van der Waals surface area (Å²) >= 11 is 1.44. The molecular weight excluding hydrogens is 540 g/mol. The number of azo groups is 1. The molecular formula is C31H28N4O5S. The normalized spacial score (nSPS) is 16.9. The van der Waals surface area contributed by atoms with E-state index < -0.39 is 0 Å². The highest BCUT2D eigenvalue weighted by atomic mass is 32.1. The average Bonchev–Trinajstić information content (AvgIpc) is 3.44. The molecule has 0 saturated heterocycles. The molecule has 41 heavy (non-hydrogen) atoms. The van der Waals surface area contributed by atoms with Crippen molar-refractivity contribution in [2.45, 2.75) is 39.0 Å². The number of ether oxygens (including phenoxy) is 2. The van der Waals surface area contributed by atoms with Crippen molar-refractivity contribution in [2.75, 3.05) is 6.61 Å². The van der Waals surface area contributed by atoms with Crippen LogP contribution in [0.4, 0.5) is 10.8 Å². The molecule has 1 N–H and O–H groups in total. The maximum atomic E-state index is 12.8. The molecule has 1 aromatic heterocycles. The van der Waals surface area contributed by atoms with E-state index in [1.807, 2.05) is 19.1 Å². The Morgan fingerprint density at radius 3 is 2.34 bits per heavy atom. The zero-order valence-corrected chi connectivity index (χ0v) is 23.3. The summed E-state index contributed by atoms with van der Waals surface area (Å²) in [5.74, 6) is -0.546. The second-order valence-electron chi connectivity index (χ2n) is 9.96. The number of aromatic hydroxyl groups is 1. The fraction of sp³-hybridized carbons (Fsp3) is 0.290. The summed E-state index contributed by atoms with van der Waals surface area (Å²) in [4.78, 5) is 29.9. The molecule has 1 heterocycles. The van der Waals surface area contributed by atoms with Gasteiger partial charge >= 0.3 is 11.9 Å². The fourth-order valence-electron chi connectivity index (χ4n) is 4.77. The third-order valence-electron chi connectivity index (χ3n) is 7.13. The first-order valence-corrected chi connectivity index (χ1v) is 14.2. The summed E-state index contributed by atoms with van der Waals surface area (Å²) in [5.41, 5.74) is 4.10. The second-order valence-corrected chi connectivity index (χ2v) is 10.9. The molecule has 0 atom stereocenters. The zero-order valence-electron chi connectivity index (χ0n) is 22.4. The molecule has 1 aliphatic carbocycles. The van der Waals surface area contributed by atoms with Crippen molar-refractivity contribution >= 4 is 44.3 Å². The number of carbonyl (C=O) groups excluding carboxylic acids is 2. The van der Waals surface area contributed by atoms with E-state index in [9.17, 15) is 14.7 Å². The van der Waals surface area contributed by atoms with Crippen molar-refractivity contribution in [2.24, 2.45) is 22.1 Å². The lowest BCUT2D eigenvalue weighted by Crippen LogP contribution is -2.29. The number of aryl methyl sites for hydroxylation is 1. The Bertz CT molecular complexity index is 1620. The number of esters is 2. The van der Waals surface area contributed by atoms with E-state index in [0.29, 0.717) is 54.2 Å².